The third kappa shape index (κ3) is 2.53. The standard InChI is InChI=1S/C12H17N3O3/c1-18-10-4-2-3-8(10)14-11-7(13)5-6-9(15-11)12(16)17/h5-6,8,10H,2-4,13H2,1H3,(H,14,15)(H,16,17). The molecule has 1 aliphatic rings. The summed E-state index contributed by atoms with van der Waals surface area (Å²) in [6, 6.07) is 3.08. The number of nitrogens with one attached hydrogen (secondary N) is 1. The number of carboxylic acid groups (broad SMARTS) is 1. The zero-order valence-corrected chi connectivity index (χ0v) is 10.2. The second-order valence-corrected chi connectivity index (χ2v) is 4.40. The van der Waals surface area contributed by atoms with Crippen molar-refractivity contribution in [3.63, 3.8) is 0 Å². The molecule has 0 amide bonds. The number of nitrogens with two attached hydrogens (primary N) is 1. The Morgan fingerprint density at radius 3 is 3.00 bits per heavy atom. The highest BCUT2D eigenvalue weighted by Gasteiger charge is 2.27. The van der Waals surface area contributed by atoms with Crippen molar-refractivity contribution in [2.75, 3.05) is 18.2 Å². The van der Waals surface area contributed by atoms with Crippen LogP contribution >= 0.6 is 0 Å². The van der Waals surface area contributed by atoms with Crippen LogP contribution in [0.3, 0.4) is 0 Å². The lowest BCUT2D eigenvalue weighted by Gasteiger charge is -2.21. The Morgan fingerprint density at radius 2 is 2.33 bits per heavy atom. The number of methoxy groups -OCH3 is 1. The summed E-state index contributed by atoms with van der Waals surface area (Å²) in [5, 5.41) is 12.1. The van der Waals surface area contributed by atoms with Gasteiger partial charge in [-0.1, -0.05) is 0 Å². The quantitative estimate of drug-likeness (QED) is 0.747. The number of hydrogen-bond acceptors (Lipinski definition) is 5. The van der Waals surface area contributed by atoms with Gasteiger partial charge in [0.2, 0.25) is 0 Å². The van der Waals surface area contributed by atoms with E-state index in [4.69, 9.17) is 15.6 Å². The molecule has 1 aromatic rings. The van der Waals surface area contributed by atoms with Crippen LogP contribution in [0.15, 0.2) is 12.1 Å². The third-order valence-electron chi connectivity index (χ3n) is 3.22. The lowest BCUT2D eigenvalue weighted by Crippen LogP contribution is -2.30. The number of nitrogens with zero attached hydrogens (tertiary/aromatic N) is 1. The average Bonchev–Trinajstić information content (AvgIpc) is 2.79. The average molecular weight is 251 g/mol. The van der Waals surface area contributed by atoms with E-state index in [1.165, 1.54) is 6.07 Å². The lowest BCUT2D eigenvalue weighted by molar-refractivity contribution is 0.0690. The first-order valence-electron chi connectivity index (χ1n) is 5.91. The molecule has 1 heterocycles. The highest BCUT2D eigenvalue weighted by Crippen LogP contribution is 2.26. The first-order chi connectivity index (χ1) is 8.61. The second kappa shape index (κ2) is 5.22. The van der Waals surface area contributed by atoms with Crippen LogP contribution in [0.5, 0.6) is 0 Å². The van der Waals surface area contributed by atoms with Crippen molar-refractivity contribution < 1.29 is 14.6 Å². The van der Waals surface area contributed by atoms with Gasteiger partial charge < -0.3 is 20.9 Å². The number of rotatable bonds is 4. The normalized spacial score (nSPS) is 22.9. The van der Waals surface area contributed by atoms with E-state index < -0.39 is 5.97 Å². The predicted molar refractivity (Wildman–Crippen MR) is 67.7 cm³/mol. The highest BCUT2D eigenvalue weighted by molar-refractivity contribution is 5.86. The number of anilines is 2. The van der Waals surface area contributed by atoms with E-state index in [2.05, 4.69) is 10.3 Å². The molecule has 0 bridgehead atoms. The van der Waals surface area contributed by atoms with Gasteiger partial charge in [-0.25, -0.2) is 9.78 Å². The summed E-state index contributed by atoms with van der Waals surface area (Å²) in [6.45, 7) is 0. The molecule has 1 aromatic heterocycles. The molecule has 98 valence electrons. The molecule has 1 aliphatic carbocycles. The van der Waals surface area contributed by atoms with Crippen LogP contribution in [-0.2, 0) is 4.74 Å². The molecule has 18 heavy (non-hydrogen) atoms. The Labute approximate surface area is 105 Å². The second-order valence-electron chi connectivity index (χ2n) is 4.40. The van der Waals surface area contributed by atoms with Gasteiger partial charge in [0.05, 0.1) is 17.8 Å². The molecule has 1 saturated carbocycles. The Morgan fingerprint density at radius 1 is 1.56 bits per heavy atom. The fourth-order valence-corrected chi connectivity index (χ4v) is 2.25. The summed E-state index contributed by atoms with van der Waals surface area (Å²) in [6.07, 6.45) is 3.16. The number of ether oxygens (including phenoxy) is 1. The monoisotopic (exact) mass is 251 g/mol. The van der Waals surface area contributed by atoms with E-state index in [1.54, 1.807) is 13.2 Å². The van der Waals surface area contributed by atoms with Crippen LogP contribution in [0, 0.1) is 0 Å². The maximum atomic E-state index is 10.9. The number of carbonyl (C=O) groups is 1. The maximum Gasteiger partial charge on any atom is 0.354 e. The molecule has 0 aliphatic heterocycles. The minimum absolute atomic E-state index is 0.0151. The number of carboxylic acids is 1. The zero-order valence-electron chi connectivity index (χ0n) is 10.2. The van der Waals surface area contributed by atoms with Crippen molar-refractivity contribution in [3.8, 4) is 0 Å². The molecule has 6 heteroatoms. The summed E-state index contributed by atoms with van der Waals surface area (Å²) < 4.78 is 5.37. The number of aromatic carboxylic acids is 1. The summed E-state index contributed by atoms with van der Waals surface area (Å²) in [7, 11) is 1.68. The van der Waals surface area contributed by atoms with Crippen LogP contribution in [0.25, 0.3) is 0 Å². The van der Waals surface area contributed by atoms with Gasteiger partial charge in [-0.3, -0.25) is 0 Å². The SMILES string of the molecule is COC1CCCC1Nc1nc(C(=O)O)ccc1N. The Hall–Kier alpha value is -1.82. The third-order valence-corrected chi connectivity index (χ3v) is 3.22. The van der Waals surface area contributed by atoms with Crippen LogP contribution < -0.4 is 11.1 Å². The van der Waals surface area contributed by atoms with Crippen molar-refractivity contribution in [1.29, 1.82) is 0 Å². The first kappa shape index (κ1) is 12.6. The van der Waals surface area contributed by atoms with Crippen molar-refractivity contribution in [2.24, 2.45) is 0 Å². The van der Waals surface area contributed by atoms with Gasteiger partial charge in [-0.05, 0) is 31.4 Å². The highest BCUT2D eigenvalue weighted by atomic mass is 16.5. The largest absolute Gasteiger partial charge is 0.477 e. The van der Waals surface area contributed by atoms with E-state index in [0.717, 1.165) is 19.3 Å². The van der Waals surface area contributed by atoms with Gasteiger partial charge >= 0.3 is 5.97 Å². The lowest BCUT2D eigenvalue weighted by atomic mass is 10.2. The van der Waals surface area contributed by atoms with E-state index in [9.17, 15) is 4.79 Å². The van der Waals surface area contributed by atoms with Gasteiger partial charge in [-0.2, -0.15) is 0 Å². The molecule has 0 saturated heterocycles. The molecule has 1 fully saturated rings. The molecule has 0 radical (unpaired) electrons. The van der Waals surface area contributed by atoms with Crippen molar-refractivity contribution >= 4 is 17.5 Å². The van der Waals surface area contributed by atoms with E-state index in [0.29, 0.717) is 11.5 Å². The molecule has 2 unspecified atom stereocenters. The van der Waals surface area contributed by atoms with Gasteiger partial charge in [0.15, 0.2) is 11.5 Å². The zero-order chi connectivity index (χ0) is 13.1. The molecular weight excluding hydrogens is 234 g/mol. The molecule has 0 spiro atoms. The number of nitrogen functional groups attached to an aromatic ring is 1. The minimum atomic E-state index is -1.06. The smallest absolute Gasteiger partial charge is 0.354 e. The molecule has 2 atom stereocenters. The van der Waals surface area contributed by atoms with Crippen LogP contribution in [0.2, 0.25) is 0 Å². The van der Waals surface area contributed by atoms with Gasteiger partial charge in [-0.15, -0.1) is 0 Å². The topological polar surface area (TPSA) is 97.5 Å². The van der Waals surface area contributed by atoms with E-state index in [1.807, 2.05) is 0 Å². The Kier molecular flexibility index (Phi) is 3.66. The Bertz CT molecular complexity index is 450. The summed E-state index contributed by atoms with van der Waals surface area (Å²) in [4.78, 5) is 14.9. The van der Waals surface area contributed by atoms with Crippen LogP contribution in [-0.4, -0.2) is 35.3 Å². The summed E-state index contributed by atoms with van der Waals surface area (Å²) in [5.41, 5.74) is 6.23. The predicted octanol–water partition coefficient (Wildman–Crippen LogP) is 1.34. The van der Waals surface area contributed by atoms with Crippen molar-refractivity contribution in [2.45, 2.75) is 31.4 Å². The number of pyridine rings is 1. The molecule has 4 N–H and O–H groups in total. The number of aromatic nitrogens is 1. The fraction of sp³-hybridized carbons (Fsp3) is 0.500. The fourth-order valence-electron chi connectivity index (χ4n) is 2.25. The Balaban J connectivity index is 2.17. The summed E-state index contributed by atoms with van der Waals surface area (Å²) >= 11 is 0. The van der Waals surface area contributed by atoms with Gasteiger partial charge in [0, 0.05) is 7.11 Å². The first-order valence-corrected chi connectivity index (χ1v) is 5.91. The minimum Gasteiger partial charge on any atom is -0.477 e. The molecule has 2 rings (SSSR count). The molecule has 6 nitrogen and oxygen atoms in total. The van der Waals surface area contributed by atoms with Crippen LogP contribution in [0.4, 0.5) is 11.5 Å². The summed E-state index contributed by atoms with van der Waals surface area (Å²) in [5.74, 6) is -0.642. The maximum absolute atomic E-state index is 10.9. The molecular formula is C12H17N3O3. The number of hydrogen-bond donors (Lipinski definition) is 3. The van der Waals surface area contributed by atoms with Gasteiger partial charge in [0.1, 0.15) is 0 Å². The van der Waals surface area contributed by atoms with E-state index >= 15 is 0 Å². The van der Waals surface area contributed by atoms with Crippen molar-refractivity contribution in [1.82, 2.24) is 4.98 Å². The molecule has 0 aromatic carbocycles. The van der Waals surface area contributed by atoms with Crippen molar-refractivity contribution in [3.05, 3.63) is 17.8 Å². The van der Waals surface area contributed by atoms with Gasteiger partial charge in [0.25, 0.3) is 0 Å². The van der Waals surface area contributed by atoms with E-state index in [-0.39, 0.29) is 17.8 Å². The van der Waals surface area contributed by atoms with Crippen LogP contribution in [0.1, 0.15) is 29.8 Å².